The summed E-state index contributed by atoms with van der Waals surface area (Å²) in [5.41, 5.74) is 1.41. The molecule has 0 aromatic heterocycles. The topological polar surface area (TPSA) is 144 Å². The number of aliphatic hydroxyl groups excluding tert-OH is 1. The van der Waals surface area contributed by atoms with Crippen molar-refractivity contribution in [3.63, 3.8) is 0 Å². The van der Waals surface area contributed by atoms with Crippen LogP contribution in [-0.4, -0.2) is 76.7 Å². The van der Waals surface area contributed by atoms with Crippen LogP contribution in [-0.2, 0) is 38.6 Å². The molecular formula is C41H49F2N5O5. The molecule has 4 N–H and O–H groups in total. The molecule has 2 aliphatic rings. The number of nitrogens with zero attached hydrogens (tertiary/aromatic N) is 2. The van der Waals surface area contributed by atoms with E-state index in [0.717, 1.165) is 17.2 Å². The molecule has 3 aromatic rings. The number of benzene rings is 3. The van der Waals surface area contributed by atoms with Gasteiger partial charge in [-0.2, -0.15) is 5.26 Å². The fourth-order valence-corrected chi connectivity index (χ4v) is 7.66. The molecule has 1 unspecified atom stereocenters. The molecule has 5 rings (SSSR count). The second kappa shape index (κ2) is 17.9. The first-order valence-electron chi connectivity index (χ1n) is 18.3. The average Bonchev–Trinajstić information content (AvgIpc) is 3.74. The summed E-state index contributed by atoms with van der Waals surface area (Å²) in [4.78, 5) is 42.7. The first-order chi connectivity index (χ1) is 25.4. The van der Waals surface area contributed by atoms with Crippen molar-refractivity contribution in [1.82, 2.24) is 20.9 Å². The van der Waals surface area contributed by atoms with Crippen LogP contribution in [0.1, 0.15) is 68.7 Å². The molecular weight excluding hydrogens is 680 g/mol. The van der Waals surface area contributed by atoms with Crippen LogP contribution < -0.4 is 16.0 Å². The summed E-state index contributed by atoms with van der Waals surface area (Å²) in [5, 5.41) is 30.3. The first kappa shape index (κ1) is 39.5. The molecule has 3 amide bonds. The lowest BCUT2D eigenvalue weighted by molar-refractivity contribution is -0.144. The maximum Gasteiger partial charge on any atom is 0.249 e. The fraction of sp³-hybridized carbons (Fsp3) is 0.463. The maximum atomic E-state index is 14.5. The van der Waals surface area contributed by atoms with E-state index in [2.05, 4.69) is 22.0 Å². The molecule has 0 bridgehead atoms. The van der Waals surface area contributed by atoms with Crippen LogP contribution in [0.5, 0.6) is 0 Å². The smallest absolute Gasteiger partial charge is 0.249 e. The van der Waals surface area contributed by atoms with Gasteiger partial charge in [0.1, 0.15) is 23.2 Å². The highest BCUT2D eigenvalue weighted by atomic mass is 19.1. The SMILES string of the molecule is CCC(C)[C@@]1(NC(C)=O)CCN([C@@H](CCc2ccccc2)C(=O)N[C@@H](Cc2cc(F)cc(F)c2)[C@H](O)[C@H]2C[C@@H](OCc3cccc(C#N)c3)CN2)C1=O. The van der Waals surface area contributed by atoms with Gasteiger partial charge in [0.15, 0.2) is 0 Å². The van der Waals surface area contributed by atoms with E-state index in [4.69, 9.17) is 4.74 Å². The Morgan fingerprint density at radius 1 is 1.08 bits per heavy atom. The maximum absolute atomic E-state index is 14.5. The van der Waals surface area contributed by atoms with Crippen molar-refractivity contribution < 1.29 is 33.0 Å². The van der Waals surface area contributed by atoms with E-state index < -0.39 is 47.3 Å². The van der Waals surface area contributed by atoms with Crippen LogP contribution in [0.4, 0.5) is 8.78 Å². The molecule has 0 radical (unpaired) electrons. The molecule has 0 saturated carbocycles. The second-order valence-electron chi connectivity index (χ2n) is 14.3. The Hall–Kier alpha value is -4.70. The summed E-state index contributed by atoms with van der Waals surface area (Å²) < 4.78 is 34.8. The number of amides is 3. The Labute approximate surface area is 309 Å². The van der Waals surface area contributed by atoms with Gasteiger partial charge >= 0.3 is 0 Å². The van der Waals surface area contributed by atoms with Gasteiger partial charge in [0.05, 0.1) is 36.5 Å². The van der Waals surface area contributed by atoms with Crippen molar-refractivity contribution >= 4 is 17.7 Å². The number of aryl methyl sites for hydroxylation is 1. The molecule has 2 heterocycles. The van der Waals surface area contributed by atoms with Gasteiger partial charge in [-0.25, -0.2) is 8.78 Å². The molecule has 3 aromatic carbocycles. The molecule has 0 spiro atoms. The highest BCUT2D eigenvalue weighted by molar-refractivity contribution is 5.96. The predicted molar refractivity (Wildman–Crippen MR) is 195 cm³/mol. The van der Waals surface area contributed by atoms with Crippen molar-refractivity contribution in [3.05, 3.63) is 107 Å². The van der Waals surface area contributed by atoms with Crippen molar-refractivity contribution in [2.75, 3.05) is 13.1 Å². The Morgan fingerprint density at radius 2 is 1.79 bits per heavy atom. The molecule has 2 saturated heterocycles. The summed E-state index contributed by atoms with van der Waals surface area (Å²) in [6, 6.07) is 19.4. The highest BCUT2D eigenvalue weighted by Gasteiger charge is 2.53. The lowest BCUT2D eigenvalue weighted by Crippen LogP contribution is -2.61. The highest BCUT2D eigenvalue weighted by Crippen LogP contribution is 2.35. The first-order valence-corrected chi connectivity index (χ1v) is 18.3. The minimum atomic E-state index is -1.21. The van der Waals surface area contributed by atoms with E-state index in [-0.39, 0.29) is 55.4 Å². The molecule has 53 heavy (non-hydrogen) atoms. The Morgan fingerprint density at radius 3 is 2.47 bits per heavy atom. The molecule has 2 fully saturated rings. The van der Waals surface area contributed by atoms with Gasteiger partial charge in [-0.15, -0.1) is 0 Å². The third-order valence-corrected chi connectivity index (χ3v) is 10.7. The summed E-state index contributed by atoms with van der Waals surface area (Å²) in [7, 11) is 0. The van der Waals surface area contributed by atoms with Gasteiger partial charge < -0.3 is 30.7 Å². The second-order valence-corrected chi connectivity index (χ2v) is 14.3. The number of halogens is 2. The predicted octanol–water partition coefficient (Wildman–Crippen LogP) is 4.33. The number of ether oxygens (including phenoxy) is 1. The fourth-order valence-electron chi connectivity index (χ4n) is 7.66. The van der Waals surface area contributed by atoms with Gasteiger partial charge in [-0.3, -0.25) is 14.4 Å². The zero-order chi connectivity index (χ0) is 38.1. The Bertz CT molecular complexity index is 1770. The van der Waals surface area contributed by atoms with Gasteiger partial charge in [-0.05, 0) is 79.0 Å². The van der Waals surface area contributed by atoms with E-state index in [1.807, 2.05) is 50.2 Å². The Balaban J connectivity index is 1.38. The molecule has 10 nitrogen and oxygen atoms in total. The zero-order valence-corrected chi connectivity index (χ0v) is 30.5. The van der Waals surface area contributed by atoms with Crippen LogP contribution in [0.25, 0.3) is 0 Å². The molecule has 0 aliphatic carbocycles. The van der Waals surface area contributed by atoms with Crippen LogP contribution in [0.3, 0.4) is 0 Å². The van der Waals surface area contributed by atoms with E-state index in [1.54, 1.807) is 18.2 Å². The van der Waals surface area contributed by atoms with Crippen molar-refractivity contribution in [2.24, 2.45) is 5.92 Å². The number of likely N-dealkylation sites (tertiary alicyclic amines) is 1. The zero-order valence-electron chi connectivity index (χ0n) is 30.5. The Kier molecular flexibility index (Phi) is 13.3. The van der Waals surface area contributed by atoms with E-state index in [0.29, 0.717) is 37.8 Å². The van der Waals surface area contributed by atoms with Crippen molar-refractivity contribution in [2.45, 2.75) is 102 Å². The van der Waals surface area contributed by atoms with E-state index in [1.165, 1.54) is 24.0 Å². The van der Waals surface area contributed by atoms with Crippen LogP contribution in [0.2, 0.25) is 0 Å². The number of carbonyl (C=O) groups excluding carboxylic acids is 3. The van der Waals surface area contributed by atoms with Gasteiger partial charge in [0.25, 0.3) is 0 Å². The van der Waals surface area contributed by atoms with Gasteiger partial charge in [0, 0.05) is 32.1 Å². The van der Waals surface area contributed by atoms with Crippen LogP contribution in [0, 0.1) is 28.9 Å². The monoisotopic (exact) mass is 729 g/mol. The third-order valence-electron chi connectivity index (χ3n) is 10.7. The third kappa shape index (κ3) is 9.84. The molecule has 7 atom stereocenters. The largest absolute Gasteiger partial charge is 0.389 e. The quantitative estimate of drug-likeness (QED) is 0.172. The van der Waals surface area contributed by atoms with Crippen molar-refractivity contribution in [3.8, 4) is 6.07 Å². The number of aliphatic hydroxyl groups is 1. The minimum Gasteiger partial charge on any atom is -0.389 e. The summed E-state index contributed by atoms with van der Waals surface area (Å²) in [6.45, 7) is 6.15. The molecule has 12 heteroatoms. The van der Waals surface area contributed by atoms with Gasteiger partial charge in [0.2, 0.25) is 17.7 Å². The lowest BCUT2D eigenvalue weighted by Gasteiger charge is -2.36. The lowest BCUT2D eigenvalue weighted by atomic mass is 9.81. The van der Waals surface area contributed by atoms with Gasteiger partial charge in [-0.1, -0.05) is 62.7 Å². The number of rotatable bonds is 16. The summed E-state index contributed by atoms with van der Waals surface area (Å²) in [6.07, 6.45) is 0.508. The minimum absolute atomic E-state index is 0.0890. The standard InChI is InChI=1S/C41H49F2N5O5/c1-4-26(2)41(47-27(3)49)15-16-48(40(41)52)37(14-13-28-9-6-5-7-10-28)39(51)46-36(20-31-18-32(42)21-33(43)19-31)38(50)35-22-34(24-45-35)53-25-30-12-8-11-29(17-30)23-44/h5-12,17-19,21,26,34-38,45,50H,4,13-16,20,22,24-25H2,1-3H3,(H,46,51)(H,47,49)/t26?,34-,35-,36+,37+,38-,41+/m1/s1. The van der Waals surface area contributed by atoms with E-state index in [9.17, 15) is 33.5 Å². The normalized spacial score (nSPS) is 22.1. The number of carbonyl (C=O) groups is 3. The summed E-state index contributed by atoms with van der Waals surface area (Å²) in [5.74, 6) is -2.94. The van der Waals surface area contributed by atoms with Crippen molar-refractivity contribution in [1.29, 1.82) is 5.26 Å². The number of nitriles is 1. The average molecular weight is 730 g/mol. The number of hydrogen-bond donors (Lipinski definition) is 4. The van der Waals surface area contributed by atoms with E-state index >= 15 is 0 Å². The number of hydrogen-bond acceptors (Lipinski definition) is 7. The van der Waals surface area contributed by atoms with Crippen LogP contribution in [0.15, 0.2) is 72.8 Å². The van der Waals surface area contributed by atoms with Crippen LogP contribution >= 0.6 is 0 Å². The number of nitrogens with one attached hydrogen (secondary N) is 3. The molecule has 282 valence electrons. The summed E-state index contributed by atoms with van der Waals surface area (Å²) >= 11 is 0. The molecule has 2 aliphatic heterocycles.